The van der Waals surface area contributed by atoms with E-state index in [1.807, 2.05) is 0 Å². The predicted octanol–water partition coefficient (Wildman–Crippen LogP) is 3.48. The summed E-state index contributed by atoms with van der Waals surface area (Å²) in [5, 5.41) is 0. The van der Waals surface area contributed by atoms with Crippen molar-refractivity contribution in [2.45, 2.75) is 52.1 Å². The summed E-state index contributed by atoms with van der Waals surface area (Å²) in [7, 11) is 1.76. The number of benzene rings is 1. The van der Waals surface area contributed by atoms with Crippen molar-refractivity contribution < 1.29 is 9.47 Å². The van der Waals surface area contributed by atoms with E-state index in [1.54, 1.807) is 7.11 Å². The average molecular weight is 232 g/mol. The van der Waals surface area contributed by atoms with E-state index >= 15 is 0 Å². The third-order valence-electron chi connectivity index (χ3n) is 4.47. The second-order valence-electron chi connectivity index (χ2n) is 5.50. The van der Waals surface area contributed by atoms with Gasteiger partial charge in [-0.1, -0.05) is 0 Å². The number of methoxy groups -OCH3 is 1. The lowest BCUT2D eigenvalue weighted by Gasteiger charge is -2.30. The first-order chi connectivity index (χ1) is 8.08. The number of fused-ring (bicyclic) bond motifs is 1. The molecule has 1 aliphatic carbocycles. The molecule has 2 heteroatoms. The second-order valence-corrected chi connectivity index (χ2v) is 5.50. The fraction of sp³-hybridized carbons (Fsp3) is 0.600. The molecule has 1 spiro atoms. The van der Waals surface area contributed by atoms with Crippen molar-refractivity contribution in [1.29, 1.82) is 0 Å². The number of rotatable bonds is 1. The summed E-state index contributed by atoms with van der Waals surface area (Å²) in [4.78, 5) is 0. The minimum absolute atomic E-state index is 0.200. The fourth-order valence-electron chi connectivity index (χ4n) is 3.01. The van der Waals surface area contributed by atoms with Gasteiger partial charge in [0.05, 0.1) is 7.11 Å². The van der Waals surface area contributed by atoms with E-state index in [0.29, 0.717) is 0 Å². The van der Waals surface area contributed by atoms with Crippen LogP contribution in [0.15, 0.2) is 0 Å². The molecule has 3 rings (SSSR count). The summed E-state index contributed by atoms with van der Waals surface area (Å²) in [6.07, 6.45) is 4.77. The summed E-state index contributed by atoms with van der Waals surface area (Å²) in [6, 6.07) is 0. The van der Waals surface area contributed by atoms with Crippen molar-refractivity contribution >= 4 is 0 Å². The molecule has 0 aromatic heterocycles. The van der Waals surface area contributed by atoms with Crippen LogP contribution in [0.5, 0.6) is 11.5 Å². The van der Waals surface area contributed by atoms with Crippen LogP contribution in [-0.2, 0) is 6.42 Å². The van der Waals surface area contributed by atoms with E-state index in [9.17, 15) is 0 Å². The highest BCUT2D eigenvalue weighted by molar-refractivity contribution is 5.59. The van der Waals surface area contributed by atoms with Crippen molar-refractivity contribution in [3.05, 3.63) is 22.3 Å². The quantitative estimate of drug-likeness (QED) is 0.738. The zero-order chi connectivity index (χ0) is 12.2. The molecule has 1 fully saturated rings. The van der Waals surface area contributed by atoms with Crippen LogP contribution in [-0.4, -0.2) is 12.7 Å². The molecule has 0 atom stereocenters. The molecule has 1 heterocycles. The van der Waals surface area contributed by atoms with E-state index in [1.165, 1.54) is 41.5 Å². The van der Waals surface area contributed by atoms with Crippen LogP contribution in [0, 0.1) is 20.8 Å². The molecular formula is C15H20O2. The minimum atomic E-state index is 0.200. The normalized spacial score (nSPS) is 19.8. The van der Waals surface area contributed by atoms with Crippen LogP contribution >= 0.6 is 0 Å². The first-order valence-corrected chi connectivity index (χ1v) is 6.43. The Morgan fingerprint density at radius 3 is 2.29 bits per heavy atom. The highest BCUT2D eigenvalue weighted by atomic mass is 16.5. The molecule has 2 nitrogen and oxygen atoms in total. The third kappa shape index (κ3) is 1.46. The maximum Gasteiger partial charge on any atom is 0.127 e. The van der Waals surface area contributed by atoms with Gasteiger partial charge < -0.3 is 9.47 Å². The molecule has 0 N–H and O–H groups in total. The topological polar surface area (TPSA) is 18.5 Å². The zero-order valence-corrected chi connectivity index (χ0v) is 11.1. The molecule has 0 saturated heterocycles. The first kappa shape index (κ1) is 10.9. The van der Waals surface area contributed by atoms with Gasteiger partial charge in [-0.3, -0.25) is 0 Å². The van der Waals surface area contributed by atoms with Gasteiger partial charge in [-0.05, 0) is 63.1 Å². The molecule has 17 heavy (non-hydrogen) atoms. The molecule has 92 valence electrons. The standard InChI is InChI=1S/C15H20O2/c1-9-10(2)14-12(11(3)13(9)16-4)5-6-15(17-14)7-8-15/h5-8H2,1-4H3. The van der Waals surface area contributed by atoms with Crippen LogP contribution in [0.25, 0.3) is 0 Å². The van der Waals surface area contributed by atoms with E-state index in [2.05, 4.69) is 20.8 Å². The van der Waals surface area contributed by atoms with Gasteiger partial charge in [0.25, 0.3) is 0 Å². The lowest BCUT2D eigenvalue weighted by atomic mass is 9.91. The van der Waals surface area contributed by atoms with Gasteiger partial charge in [-0.15, -0.1) is 0 Å². The van der Waals surface area contributed by atoms with Crippen LogP contribution in [0.3, 0.4) is 0 Å². The Labute approximate surface area is 103 Å². The average Bonchev–Trinajstić information content (AvgIpc) is 3.06. The van der Waals surface area contributed by atoms with Crippen LogP contribution in [0.2, 0.25) is 0 Å². The summed E-state index contributed by atoms with van der Waals surface area (Å²) < 4.78 is 11.8. The Kier molecular flexibility index (Phi) is 2.19. The van der Waals surface area contributed by atoms with Gasteiger partial charge in [0, 0.05) is 5.56 Å². The van der Waals surface area contributed by atoms with Gasteiger partial charge in [-0.2, -0.15) is 0 Å². The molecule has 0 amide bonds. The second kappa shape index (κ2) is 3.41. The van der Waals surface area contributed by atoms with E-state index in [0.717, 1.165) is 17.9 Å². The monoisotopic (exact) mass is 232 g/mol. The molecular weight excluding hydrogens is 212 g/mol. The number of hydrogen-bond donors (Lipinski definition) is 0. The van der Waals surface area contributed by atoms with Crippen molar-refractivity contribution in [3.8, 4) is 11.5 Å². The Bertz CT molecular complexity index is 484. The zero-order valence-electron chi connectivity index (χ0n) is 11.1. The van der Waals surface area contributed by atoms with Gasteiger partial charge >= 0.3 is 0 Å². The Morgan fingerprint density at radius 2 is 1.71 bits per heavy atom. The number of hydrogen-bond acceptors (Lipinski definition) is 2. The number of ether oxygens (including phenoxy) is 2. The molecule has 1 aromatic carbocycles. The predicted molar refractivity (Wildman–Crippen MR) is 68.1 cm³/mol. The third-order valence-corrected chi connectivity index (χ3v) is 4.47. The largest absolute Gasteiger partial charge is 0.496 e. The van der Waals surface area contributed by atoms with E-state index in [4.69, 9.17) is 9.47 Å². The van der Waals surface area contributed by atoms with Crippen molar-refractivity contribution in [2.24, 2.45) is 0 Å². The van der Waals surface area contributed by atoms with Crippen LogP contribution in [0.1, 0.15) is 41.5 Å². The molecule has 1 aliphatic heterocycles. The Balaban J connectivity index is 2.17. The first-order valence-electron chi connectivity index (χ1n) is 6.43. The smallest absolute Gasteiger partial charge is 0.127 e. The molecule has 0 unspecified atom stereocenters. The Hall–Kier alpha value is -1.18. The summed E-state index contributed by atoms with van der Waals surface area (Å²) in [5.74, 6) is 2.18. The van der Waals surface area contributed by atoms with Crippen molar-refractivity contribution in [3.63, 3.8) is 0 Å². The van der Waals surface area contributed by atoms with Crippen LogP contribution < -0.4 is 9.47 Å². The lowest BCUT2D eigenvalue weighted by molar-refractivity contribution is 0.148. The summed E-state index contributed by atoms with van der Waals surface area (Å²) in [6.45, 7) is 6.43. The molecule has 2 aliphatic rings. The molecule has 1 saturated carbocycles. The van der Waals surface area contributed by atoms with Gasteiger partial charge in [0.15, 0.2) is 0 Å². The summed E-state index contributed by atoms with van der Waals surface area (Å²) in [5.41, 5.74) is 5.31. The van der Waals surface area contributed by atoms with Gasteiger partial charge in [0.1, 0.15) is 17.1 Å². The summed E-state index contributed by atoms with van der Waals surface area (Å²) >= 11 is 0. The van der Waals surface area contributed by atoms with Crippen molar-refractivity contribution in [2.75, 3.05) is 7.11 Å². The van der Waals surface area contributed by atoms with Crippen LogP contribution in [0.4, 0.5) is 0 Å². The molecule has 1 aromatic rings. The molecule has 0 radical (unpaired) electrons. The highest BCUT2D eigenvalue weighted by Crippen LogP contribution is 2.51. The molecule has 0 bridgehead atoms. The SMILES string of the molecule is COc1c(C)c(C)c2c(c1C)CCC1(CC1)O2. The minimum Gasteiger partial charge on any atom is -0.496 e. The van der Waals surface area contributed by atoms with Gasteiger partial charge in [-0.25, -0.2) is 0 Å². The highest BCUT2D eigenvalue weighted by Gasteiger charge is 2.48. The lowest BCUT2D eigenvalue weighted by Crippen LogP contribution is -2.25. The Morgan fingerprint density at radius 1 is 1.00 bits per heavy atom. The fourth-order valence-corrected chi connectivity index (χ4v) is 3.01. The van der Waals surface area contributed by atoms with E-state index in [-0.39, 0.29) is 5.60 Å². The van der Waals surface area contributed by atoms with Gasteiger partial charge in [0.2, 0.25) is 0 Å². The maximum atomic E-state index is 6.27. The maximum absolute atomic E-state index is 6.27. The van der Waals surface area contributed by atoms with E-state index < -0.39 is 0 Å². The van der Waals surface area contributed by atoms with Crippen molar-refractivity contribution in [1.82, 2.24) is 0 Å².